The lowest BCUT2D eigenvalue weighted by atomic mass is 10.1. The molecule has 0 N–H and O–H groups in total. The Bertz CT molecular complexity index is 1310. The van der Waals surface area contributed by atoms with E-state index in [1.54, 1.807) is 24.3 Å². The van der Waals surface area contributed by atoms with Gasteiger partial charge in [0, 0.05) is 17.5 Å². The second-order valence-electron chi connectivity index (χ2n) is 7.68. The molecular formula is C23H22N4O4. The summed E-state index contributed by atoms with van der Waals surface area (Å²) in [5.41, 5.74) is 1.70. The zero-order chi connectivity index (χ0) is 22.0. The standard InChI is InChI=1S/C23H22N4O4/c1-14(2)12-27-22(28)18-11-7-6-10-17(18)20(25-27)23(29)30-13-19-24-21(26-31-19)16-9-5-4-8-15(16)3/h4-11,14H,12-13H2,1-3H3. The number of aromatic nitrogens is 4. The molecule has 0 atom stereocenters. The average Bonchev–Trinajstić information content (AvgIpc) is 3.23. The molecule has 0 amide bonds. The van der Waals surface area contributed by atoms with E-state index >= 15 is 0 Å². The number of rotatable bonds is 6. The Morgan fingerprint density at radius 2 is 1.81 bits per heavy atom. The van der Waals surface area contributed by atoms with Crippen LogP contribution in [0.15, 0.2) is 57.8 Å². The van der Waals surface area contributed by atoms with E-state index in [0.29, 0.717) is 23.1 Å². The topological polar surface area (TPSA) is 100 Å². The van der Waals surface area contributed by atoms with Crippen LogP contribution < -0.4 is 5.56 Å². The van der Waals surface area contributed by atoms with E-state index in [1.165, 1.54) is 4.68 Å². The number of benzene rings is 2. The van der Waals surface area contributed by atoms with E-state index in [9.17, 15) is 9.59 Å². The number of nitrogens with zero attached hydrogens (tertiary/aromatic N) is 4. The highest BCUT2D eigenvalue weighted by molar-refractivity contribution is 6.02. The van der Waals surface area contributed by atoms with Crippen molar-refractivity contribution >= 4 is 16.7 Å². The average molecular weight is 418 g/mol. The highest BCUT2D eigenvalue weighted by atomic mass is 16.6. The van der Waals surface area contributed by atoms with Gasteiger partial charge in [-0.15, -0.1) is 0 Å². The van der Waals surface area contributed by atoms with Crippen molar-refractivity contribution in [3.63, 3.8) is 0 Å². The molecule has 0 unspecified atom stereocenters. The van der Waals surface area contributed by atoms with Gasteiger partial charge in [-0.1, -0.05) is 61.5 Å². The van der Waals surface area contributed by atoms with Gasteiger partial charge in [-0.2, -0.15) is 10.1 Å². The Morgan fingerprint density at radius 1 is 1.10 bits per heavy atom. The van der Waals surface area contributed by atoms with Crippen LogP contribution >= 0.6 is 0 Å². The normalized spacial score (nSPS) is 11.2. The van der Waals surface area contributed by atoms with Crippen LogP contribution in [-0.2, 0) is 17.9 Å². The fraction of sp³-hybridized carbons (Fsp3) is 0.261. The largest absolute Gasteiger partial charge is 0.451 e. The molecule has 8 nitrogen and oxygen atoms in total. The van der Waals surface area contributed by atoms with Crippen molar-refractivity contribution in [2.24, 2.45) is 5.92 Å². The third-order valence-corrected chi connectivity index (χ3v) is 4.78. The highest BCUT2D eigenvalue weighted by Crippen LogP contribution is 2.20. The fourth-order valence-electron chi connectivity index (χ4n) is 3.30. The van der Waals surface area contributed by atoms with Crippen LogP contribution in [0.3, 0.4) is 0 Å². The summed E-state index contributed by atoms with van der Waals surface area (Å²) in [6.07, 6.45) is 0. The SMILES string of the molecule is Cc1ccccc1-c1noc(COC(=O)c2nn(CC(C)C)c(=O)c3ccccc23)n1. The Hall–Kier alpha value is -3.81. The molecule has 0 saturated heterocycles. The van der Waals surface area contributed by atoms with E-state index in [4.69, 9.17) is 9.26 Å². The Morgan fingerprint density at radius 3 is 2.55 bits per heavy atom. The smallest absolute Gasteiger partial charge is 0.359 e. The molecule has 2 heterocycles. The molecular weight excluding hydrogens is 396 g/mol. The van der Waals surface area contributed by atoms with Crippen LogP contribution in [0.2, 0.25) is 0 Å². The van der Waals surface area contributed by atoms with Gasteiger partial charge in [0.05, 0.1) is 5.39 Å². The third-order valence-electron chi connectivity index (χ3n) is 4.78. The summed E-state index contributed by atoms with van der Waals surface area (Å²) < 4.78 is 11.9. The van der Waals surface area contributed by atoms with Crippen LogP contribution in [0, 0.1) is 12.8 Å². The molecule has 4 rings (SSSR count). The fourth-order valence-corrected chi connectivity index (χ4v) is 3.30. The monoisotopic (exact) mass is 418 g/mol. The van der Waals surface area contributed by atoms with Crippen molar-refractivity contribution in [1.82, 2.24) is 19.9 Å². The van der Waals surface area contributed by atoms with Crippen LogP contribution in [0.5, 0.6) is 0 Å². The Balaban J connectivity index is 1.59. The first-order valence-corrected chi connectivity index (χ1v) is 9.99. The number of ether oxygens (including phenoxy) is 1. The van der Waals surface area contributed by atoms with Crippen molar-refractivity contribution in [3.8, 4) is 11.4 Å². The van der Waals surface area contributed by atoms with E-state index in [2.05, 4.69) is 15.2 Å². The van der Waals surface area contributed by atoms with Crippen molar-refractivity contribution in [2.75, 3.05) is 0 Å². The maximum Gasteiger partial charge on any atom is 0.359 e. The molecule has 0 aliphatic heterocycles. The van der Waals surface area contributed by atoms with Gasteiger partial charge in [0.15, 0.2) is 12.3 Å². The number of carbonyl (C=O) groups is 1. The molecule has 0 fully saturated rings. The first-order chi connectivity index (χ1) is 14.9. The lowest BCUT2D eigenvalue weighted by Gasteiger charge is -2.11. The lowest BCUT2D eigenvalue weighted by molar-refractivity contribution is 0.0422. The molecule has 0 saturated carbocycles. The van der Waals surface area contributed by atoms with Gasteiger partial charge < -0.3 is 9.26 Å². The van der Waals surface area contributed by atoms with Crippen LogP contribution in [0.4, 0.5) is 0 Å². The second kappa shape index (κ2) is 8.51. The van der Waals surface area contributed by atoms with Gasteiger partial charge in [0.25, 0.3) is 11.4 Å². The summed E-state index contributed by atoms with van der Waals surface area (Å²) in [5.74, 6) is 0.127. The Kier molecular flexibility index (Phi) is 5.62. The van der Waals surface area contributed by atoms with Crippen molar-refractivity contribution in [3.05, 3.63) is 76.0 Å². The number of hydrogen-bond donors (Lipinski definition) is 0. The molecule has 0 bridgehead atoms. The van der Waals surface area contributed by atoms with Gasteiger partial charge in [-0.3, -0.25) is 4.79 Å². The zero-order valence-corrected chi connectivity index (χ0v) is 17.5. The predicted octanol–water partition coefficient (Wildman–Crippen LogP) is 3.77. The van der Waals surface area contributed by atoms with Crippen LogP contribution in [0.1, 0.15) is 35.8 Å². The minimum absolute atomic E-state index is 0.0782. The van der Waals surface area contributed by atoms with Crippen molar-refractivity contribution < 1.29 is 14.1 Å². The number of aryl methyl sites for hydroxylation is 1. The molecule has 2 aromatic heterocycles. The molecule has 0 radical (unpaired) electrons. The molecule has 0 spiro atoms. The minimum Gasteiger partial charge on any atom is -0.451 e. The molecule has 2 aromatic carbocycles. The van der Waals surface area contributed by atoms with Crippen molar-refractivity contribution in [2.45, 2.75) is 33.9 Å². The van der Waals surface area contributed by atoms with E-state index in [1.807, 2.05) is 45.0 Å². The van der Waals surface area contributed by atoms with E-state index < -0.39 is 5.97 Å². The Labute approximate surface area is 178 Å². The summed E-state index contributed by atoms with van der Waals surface area (Å²) in [7, 11) is 0. The lowest BCUT2D eigenvalue weighted by Crippen LogP contribution is -2.28. The molecule has 158 valence electrons. The van der Waals surface area contributed by atoms with Gasteiger partial charge in [0.2, 0.25) is 5.82 Å². The maximum atomic E-state index is 12.8. The molecule has 8 heteroatoms. The van der Waals surface area contributed by atoms with E-state index in [0.717, 1.165) is 11.1 Å². The van der Waals surface area contributed by atoms with Crippen molar-refractivity contribution in [1.29, 1.82) is 0 Å². The summed E-state index contributed by atoms with van der Waals surface area (Å²) >= 11 is 0. The summed E-state index contributed by atoms with van der Waals surface area (Å²) in [6, 6.07) is 14.5. The third kappa shape index (κ3) is 4.23. The van der Waals surface area contributed by atoms with E-state index in [-0.39, 0.29) is 29.7 Å². The van der Waals surface area contributed by atoms with Gasteiger partial charge in [-0.05, 0) is 24.5 Å². The quantitative estimate of drug-likeness (QED) is 0.439. The molecule has 4 aromatic rings. The molecule has 31 heavy (non-hydrogen) atoms. The maximum absolute atomic E-state index is 12.8. The van der Waals surface area contributed by atoms with Crippen LogP contribution in [-0.4, -0.2) is 25.9 Å². The highest BCUT2D eigenvalue weighted by Gasteiger charge is 2.20. The minimum atomic E-state index is -0.663. The van der Waals surface area contributed by atoms with Gasteiger partial charge in [-0.25, -0.2) is 9.48 Å². The predicted molar refractivity (Wildman–Crippen MR) is 114 cm³/mol. The number of carbonyl (C=O) groups excluding carboxylic acids is 1. The first-order valence-electron chi connectivity index (χ1n) is 9.99. The molecule has 0 aliphatic carbocycles. The second-order valence-corrected chi connectivity index (χ2v) is 7.68. The van der Waals surface area contributed by atoms with Crippen LogP contribution in [0.25, 0.3) is 22.2 Å². The summed E-state index contributed by atoms with van der Waals surface area (Å²) in [6.45, 7) is 6.10. The number of esters is 1. The summed E-state index contributed by atoms with van der Waals surface area (Å²) in [5, 5.41) is 9.12. The number of hydrogen-bond acceptors (Lipinski definition) is 7. The summed E-state index contributed by atoms with van der Waals surface area (Å²) in [4.78, 5) is 29.8. The number of fused-ring (bicyclic) bond motifs is 1. The van der Waals surface area contributed by atoms with Gasteiger partial charge in [0.1, 0.15) is 0 Å². The zero-order valence-electron chi connectivity index (χ0n) is 17.5. The molecule has 0 aliphatic rings. The first kappa shape index (κ1) is 20.5. The van der Waals surface area contributed by atoms with Gasteiger partial charge >= 0.3 is 5.97 Å².